The smallest absolute Gasteiger partial charge is 0.0169 e. The molecule has 2 fully saturated rings. The Kier molecular flexibility index (Phi) is 2.87. The van der Waals surface area contributed by atoms with E-state index in [9.17, 15) is 0 Å². The van der Waals surface area contributed by atoms with Crippen LogP contribution in [0.4, 0.5) is 0 Å². The molecule has 2 saturated carbocycles. The second kappa shape index (κ2) is 4.37. The Labute approximate surface area is 119 Å². The zero-order chi connectivity index (χ0) is 13.0. The normalized spacial score (nSPS) is 49.6. The molecule has 0 heterocycles. The molecule has 2 unspecified atom stereocenters. The molecular weight excluding hydrogens is 228 g/mol. The van der Waals surface area contributed by atoms with Gasteiger partial charge in [-0.1, -0.05) is 31.4 Å². The van der Waals surface area contributed by atoms with E-state index < -0.39 is 0 Å². The molecule has 5 atom stereocenters. The van der Waals surface area contributed by atoms with E-state index in [-0.39, 0.29) is 0 Å². The first-order valence-corrected chi connectivity index (χ1v) is 8.88. The van der Waals surface area contributed by atoms with Crippen molar-refractivity contribution in [2.75, 3.05) is 0 Å². The molecule has 0 aromatic carbocycles. The molecule has 0 spiro atoms. The summed E-state index contributed by atoms with van der Waals surface area (Å²) in [4.78, 5) is 0. The highest BCUT2D eigenvalue weighted by atomic mass is 14.6. The van der Waals surface area contributed by atoms with Gasteiger partial charge >= 0.3 is 0 Å². The number of fused-ring (bicyclic) bond motifs is 4. The van der Waals surface area contributed by atoms with Gasteiger partial charge < -0.3 is 0 Å². The Hall–Kier alpha value is -0.260. The van der Waals surface area contributed by atoms with Crippen LogP contribution in [0.5, 0.6) is 0 Å². The molecule has 0 aromatic heterocycles. The molecular formula is C19H30. The largest absolute Gasteiger partial charge is 0.0704 e. The summed E-state index contributed by atoms with van der Waals surface area (Å²) in [6.07, 6.45) is 15.1. The van der Waals surface area contributed by atoms with Gasteiger partial charge in [0, 0.05) is 0 Å². The van der Waals surface area contributed by atoms with Crippen molar-refractivity contribution in [2.45, 2.75) is 78.1 Å². The van der Waals surface area contributed by atoms with Crippen LogP contribution >= 0.6 is 0 Å². The standard InChI is InChI=1S/C19H30/c1-13-5-7-15-14(12-13)6-8-17-16(15)9-11-19(2)10-3-4-18(17)19/h13,16-18H,3-12H2,1-2H3/t13-,16+,17?,18?,19-/m0/s1. The van der Waals surface area contributed by atoms with Crippen molar-refractivity contribution in [3.63, 3.8) is 0 Å². The maximum Gasteiger partial charge on any atom is -0.0169 e. The molecule has 0 aliphatic heterocycles. The third-order valence-corrected chi connectivity index (χ3v) is 7.40. The topological polar surface area (TPSA) is 0 Å². The maximum atomic E-state index is 2.62. The van der Waals surface area contributed by atoms with E-state index in [1.807, 2.05) is 11.1 Å². The van der Waals surface area contributed by atoms with E-state index >= 15 is 0 Å². The van der Waals surface area contributed by atoms with Crippen LogP contribution in [0.1, 0.15) is 78.1 Å². The average Bonchev–Trinajstić information content (AvgIpc) is 2.79. The first-order chi connectivity index (χ1) is 9.17. The minimum absolute atomic E-state index is 0.737. The van der Waals surface area contributed by atoms with Crippen LogP contribution in [0.2, 0.25) is 0 Å². The van der Waals surface area contributed by atoms with Crippen LogP contribution in [0.15, 0.2) is 11.1 Å². The lowest BCUT2D eigenvalue weighted by Crippen LogP contribution is -2.41. The summed E-state index contributed by atoms with van der Waals surface area (Å²) in [5, 5.41) is 0. The average molecular weight is 258 g/mol. The Morgan fingerprint density at radius 2 is 1.89 bits per heavy atom. The van der Waals surface area contributed by atoms with Crippen molar-refractivity contribution >= 4 is 0 Å². The van der Waals surface area contributed by atoms with E-state index in [1.54, 1.807) is 6.42 Å². The molecule has 0 amide bonds. The van der Waals surface area contributed by atoms with Gasteiger partial charge in [-0.05, 0) is 86.9 Å². The zero-order valence-electron chi connectivity index (χ0n) is 12.9. The summed E-state index contributed by atoms with van der Waals surface area (Å²) < 4.78 is 0. The van der Waals surface area contributed by atoms with Crippen molar-refractivity contribution in [1.29, 1.82) is 0 Å². The summed E-state index contributed by atoms with van der Waals surface area (Å²) in [7, 11) is 0. The molecule has 0 bridgehead atoms. The molecule has 0 heteroatoms. The summed E-state index contributed by atoms with van der Waals surface area (Å²) in [6, 6.07) is 0. The van der Waals surface area contributed by atoms with Gasteiger partial charge in [0.25, 0.3) is 0 Å². The lowest BCUT2D eigenvalue weighted by atomic mass is 9.54. The summed E-state index contributed by atoms with van der Waals surface area (Å²) in [6.45, 7) is 5.08. The minimum Gasteiger partial charge on any atom is -0.0704 e. The third kappa shape index (κ3) is 1.85. The molecule has 0 aromatic rings. The van der Waals surface area contributed by atoms with Crippen LogP contribution in [0.3, 0.4) is 0 Å². The maximum absolute atomic E-state index is 2.62. The molecule has 0 N–H and O–H groups in total. The Bertz CT molecular complexity index is 404. The van der Waals surface area contributed by atoms with Crippen molar-refractivity contribution in [3.05, 3.63) is 11.1 Å². The first kappa shape index (κ1) is 12.5. The van der Waals surface area contributed by atoms with Gasteiger partial charge in [-0.15, -0.1) is 0 Å². The molecule has 0 radical (unpaired) electrons. The van der Waals surface area contributed by atoms with E-state index in [0.29, 0.717) is 0 Å². The van der Waals surface area contributed by atoms with E-state index in [4.69, 9.17) is 0 Å². The SMILES string of the molecule is C[C@H]1CCC2=C(CCC3C4CCC[C@@]4(C)CC[C@H]23)C1. The Morgan fingerprint density at radius 1 is 1.00 bits per heavy atom. The summed E-state index contributed by atoms with van der Waals surface area (Å²) in [5.74, 6) is 4.15. The van der Waals surface area contributed by atoms with E-state index in [0.717, 1.165) is 29.1 Å². The van der Waals surface area contributed by atoms with Crippen molar-refractivity contribution in [2.24, 2.45) is 29.1 Å². The van der Waals surface area contributed by atoms with Crippen LogP contribution in [0.25, 0.3) is 0 Å². The van der Waals surface area contributed by atoms with Crippen LogP contribution in [-0.4, -0.2) is 0 Å². The number of hydrogen-bond donors (Lipinski definition) is 0. The minimum atomic E-state index is 0.737. The van der Waals surface area contributed by atoms with Gasteiger partial charge in [0.05, 0.1) is 0 Å². The second-order valence-corrected chi connectivity index (χ2v) is 8.48. The lowest BCUT2D eigenvalue weighted by Gasteiger charge is -2.51. The number of allylic oxidation sites excluding steroid dienone is 2. The summed E-state index contributed by atoms with van der Waals surface area (Å²) >= 11 is 0. The molecule has 106 valence electrons. The summed E-state index contributed by atoms with van der Waals surface area (Å²) in [5.41, 5.74) is 4.63. The van der Waals surface area contributed by atoms with E-state index in [2.05, 4.69) is 13.8 Å². The highest BCUT2D eigenvalue weighted by molar-refractivity contribution is 5.26. The second-order valence-electron chi connectivity index (χ2n) is 8.48. The fraction of sp³-hybridized carbons (Fsp3) is 0.895. The van der Waals surface area contributed by atoms with Gasteiger partial charge in [-0.2, -0.15) is 0 Å². The third-order valence-electron chi connectivity index (χ3n) is 7.40. The number of hydrogen-bond acceptors (Lipinski definition) is 0. The van der Waals surface area contributed by atoms with Gasteiger partial charge in [0.15, 0.2) is 0 Å². The Balaban J connectivity index is 1.64. The predicted octanol–water partition coefficient (Wildman–Crippen LogP) is 5.73. The molecule has 4 aliphatic rings. The van der Waals surface area contributed by atoms with Crippen molar-refractivity contribution < 1.29 is 0 Å². The highest BCUT2D eigenvalue weighted by Crippen LogP contribution is 2.61. The first-order valence-electron chi connectivity index (χ1n) is 8.88. The van der Waals surface area contributed by atoms with E-state index in [1.165, 1.54) is 57.8 Å². The quantitative estimate of drug-likeness (QED) is 0.487. The monoisotopic (exact) mass is 258 g/mol. The van der Waals surface area contributed by atoms with Crippen molar-refractivity contribution in [3.8, 4) is 0 Å². The van der Waals surface area contributed by atoms with Crippen LogP contribution in [0, 0.1) is 29.1 Å². The molecule has 19 heavy (non-hydrogen) atoms. The van der Waals surface area contributed by atoms with Crippen LogP contribution in [-0.2, 0) is 0 Å². The van der Waals surface area contributed by atoms with Gasteiger partial charge in [0.1, 0.15) is 0 Å². The molecule has 0 nitrogen and oxygen atoms in total. The van der Waals surface area contributed by atoms with Gasteiger partial charge in [-0.3, -0.25) is 0 Å². The highest BCUT2D eigenvalue weighted by Gasteiger charge is 2.50. The van der Waals surface area contributed by atoms with Gasteiger partial charge in [0.2, 0.25) is 0 Å². The lowest BCUT2D eigenvalue weighted by molar-refractivity contribution is 0.0402. The zero-order valence-corrected chi connectivity index (χ0v) is 12.9. The predicted molar refractivity (Wildman–Crippen MR) is 80.9 cm³/mol. The molecule has 0 saturated heterocycles. The molecule has 4 aliphatic carbocycles. The Morgan fingerprint density at radius 3 is 2.79 bits per heavy atom. The van der Waals surface area contributed by atoms with Crippen LogP contribution < -0.4 is 0 Å². The van der Waals surface area contributed by atoms with Gasteiger partial charge in [-0.25, -0.2) is 0 Å². The van der Waals surface area contributed by atoms with Crippen molar-refractivity contribution in [1.82, 2.24) is 0 Å². The fourth-order valence-corrected chi connectivity index (χ4v) is 6.40. The molecule has 4 rings (SSSR count). The number of rotatable bonds is 0. The fourth-order valence-electron chi connectivity index (χ4n) is 6.40.